The summed E-state index contributed by atoms with van der Waals surface area (Å²) in [6, 6.07) is 9.72. The fraction of sp³-hybridized carbons (Fsp3) is 0.0769. The maximum Gasteiger partial charge on any atom is 0.335 e. The van der Waals surface area contributed by atoms with Gasteiger partial charge in [-0.3, -0.25) is 0 Å². The van der Waals surface area contributed by atoms with Crippen molar-refractivity contribution in [3.63, 3.8) is 0 Å². The van der Waals surface area contributed by atoms with Crippen molar-refractivity contribution in [2.75, 3.05) is 0 Å². The number of carboxylic acids is 1. The first-order chi connectivity index (χ1) is 8.70. The average molecular weight is 244 g/mol. The third-order valence-corrected chi connectivity index (χ3v) is 2.39. The van der Waals surface area contributed by atoms with Crippen LogP contribution < -0.4 is 10.5 Å². The summed E-state index contributed by atoms with van der Waals surface area (Å²) in [6.07, 6.45) is 1.61. The summed E-state index contributed by atoms with van der Waals surface area (Å²) in [7, 11) is 0. The lowest BCUT2D eigenvalue weighted by Crippen LogP contribution is -2.01. The van der Waals surface area contributed by atoms with Gasteiger partial charge in [0.25, 0.3) is 0 Å². The smallest absolute Gasteiger partial charge is 0.335 e. The molecule has 0 fully saturated rings. The Hall–Kier alpha value is -2.40. The number of aromatic nitrogens is 1. The van der Waals surface area contributed by atoms with E-state index in [4.69, 9.17) is 15.6 Å². The molecule has 0 saturated carbocycles. The van der Waals surface area contributed by atoms with Gasteiger partial charge in [-0.05, 0) is 30.3 Å². The zero-order chi connectivity index (χ0) is 13.0. The Morgan fingerprint density at radius 3 is 2.61 bits per heavy atom. The van der Waals surface area contributed by atoms with Gasteiger partial charge in [0, 0.05) is 18.3 Å². The van der Waals surface area contributed by atoms with E-state index >= 15 is 0 Å². The second kappa shape index (κ2) is 5.29. The van der Waals surface area contributed by atoms with Gasteiger partial charge in [-0.2, -0.15) is 0 Å². The van der Waals surface area contributed by atoms with E-state index in [1.807, 2.05) is 6.07 Å². The number of nitrogens with two attached hydrogens (primary N) is 1. The van der Waals surface area contributed by atoms with Gasteiger partial charge in [0.2, 0.25) is 5.88 Å². The van der Waals surface area contributed by atoms with Crippen LogP contribution in [0.3, 0.4) is 0 Å². The molecule has 2 aromatic rings. The minimum absolute atomic E-state index is 0.211. The van der Waals surface area contributed by atoms with E-state index in [2.05, 4.69) is 4.98 Å². The van der Waals surface area contributed by atoms with Crippen LogP contribution in [0.2, 0.25) is 0 Å². The van der Waals surface area contributed by atoms with Crippen LogP contribution in [0.5, 0.6) is 11.6 Å². The van der Waals surface area contributed by atoms with Crippen LogP contribution >= 0.6 is 0 Å². The van der Waals surface area contributed by atoms with Crippen LogP contribution in [0.25, 0.3) is 0 Å². The lowest BCUT2D eigenvalue weighted by atomic mass is 10.2. The highest BCUT2D eigenvalue weighted by atomic mass is 16.5. The number of carbonyl (C=O) groups is 1. The summed E-state index contributed by atoms with van der Waals surface area (Å²) in [5.41, 5.74) is 6.57. The molecule has 0 bridgehead atoms. The van der Waals surface area contributed by atoms with Gasteiger partial charge in [-0.25, -0.2) is 9.78 Å². The molecule has 0 aliphatic carbocycles. The topological polar surface area (TPSA) is 85.4 Å². The lowest BCUT2D eigenvalue weighted by molar-refractivity contribution is 0.0697. The average Bonchev–Trinajstić information content (AvgIpc) is 2.40. The van der Waals surface area contributed by atoms with Gasteiger partial charge in [0.15, 0.2) is 0 Å². The quantitative estimate of drug-likeness (QED) is 0.859. The van der Waals surface area contributed by atoms with Gasteiger partial charge in [-0.15, -0.1) is 0 Å². The molecule has 1 aromatic carbocycles. The predicted octanol–water partition coefficient (Wildman–Crippen LogP) is 2.03. The Labute approximate surface area is 104 Å². The minimum Gasteiger partial charge on any atom is -0.478 e. The van der Waals surface area contributed by atoms with Crippen molar-refractivity contribution in [1.82, 2.24) is 4.98 Å². The molecule has 0 spiro atoms. The summed E-state index contributed by atoms with van der Waals surface area (Å²) in [4.78, 5) is 14.8. The van der Waals surface area contributed by atoms with Crippen molar-refractivity contribution in [1.29, 1.82) is 0 Å². The predicted molar refractivity (Wildman–Crippen MR) is 65.6 cm³/mol. The summed E-state index contributed by atoms with van der Waals surface area (Å²) >= 11 is 0. The van der Waals surface area contributed by atoms with Crippen LogP contribution in [0.1, 0.15) is 15.9 Å². The molecular formula is C13H12N2O3. The number of benzene rings is 1. The molecule has 0 saturated heterocycles. The number of hydrogen-bond donors (Lipinski definition) is 2. The number of pyridine rings is 1. The van der Waals surface area contributed by atoms with Crippen molar-refractivity contribution in [2.24, 2.45) is 5.73 Å². The molecular weight excluding hydrogens is 232 g/mol. The van der Waals surface area contributed by atoms with Crippen LogP contribution in [-0.4, -0.2) is 16.1 Å². The number of rotatable bonds is 4. The summed E-state index contributed by atoms with van der Waals surface area (Å²) in [6.45, 7) is 0.330. The molecule has 18 heavy (non-hydrogen) atoms. The Morgan fingerprint density at radius 1 is 1.28 bits per heavy atom. The van der Waals surface area contributed by atoms with Gasteiger partial charge in [0.1, 0.15) is 5.75 Å². The third-order valence-electron chi connectivity index (χ3n) is 2.39. The SMILES string of the molecule is NCc1cccnc1Oc1ccc(C(=O)O)cc1. The van der Waals surface area contributed by atoms with E-state index < -0.39 is 5.97 Å². The van der Waals surface area contributed by atoms with E-state index in [9.17, 15) is 4.79 Å². The molecule has 0 radical (unpaired) electrons. The van der Waals surface area contributed by atoms with Gasteiger partial charge >= 0.3 is 5.97 Å². The molecule has 5 heteroatoms. The second-order valence-corrected chi connectivity index (χ2v) is 3.60. The lowest BCUT2D eigenvalue weighted by Gasteiger charge is -2.08. The summed E-state index contributed by atoms with van der Waals surface area (Å²) < 4.78 is 5.55. The Bertz CT molecular complexity index is 552. The first kappa shape index (κ1) is 12.1. The normalized spacial score (nSPS) is 10.1. The third kappa shape index (κ3) is 2.64. The zero-order valence-corrected chi connectivity index (χ0v) is 9.54. The van der Waals surface area contributed by atoms with Crippen molar-refractivity contribution >= 4 is 5.97 Å². The maximum absolute atomic E-state index is 10.7. The highest BCUT2D eigenvalue weighted by molar-refractivity contribution is 5.87. The molecule has 0 atom stereocenters. The highest BCUT2D eigenvalue weighted by Crippen LogP contribution is 2.22. The molecule has 0 aliphatic rings. The van der Waals surface area contributed by atoms with Crippen LogP contribution in [0, 0.1) is 0 Å². The Morgan fingerprint density at radius 2 is 2.00 bits per heavy atom. The number of nitrogens with zero attached hydrogens (tertiary/aromatic N) is 1. The molecule has 1 aromatic heterocycles. The molecule has 0 aliphatic heterocycles. The maximum atomic E-state index is 10.7. The van der Waals surface area contributed by atoms with Crippen molar-refractivity contribution in [3.05, 3.63) is 53.7 Å². The molecule has 0 amide bonds. The molecule has 1 heterocycles. The van der Waals surface area contributed by atoms with Crippen molar-refractivity contribution < 1.29 is 14.6 Å². The summed E-state index contributed by atoms with van der Waals surface area (Å²) in [5, 5.41) is 8.78. The number of aromatic carboxylic acids is 1. The first-order valence-electron chi connectivity index (χ1n) is 5.36. The zero-order valence-electron chi connectivity index (χ0n) is 9.54. The second-order valence-electron chi connectivity index (χ2n) is 3.60. The monoisotopic (exact) mass is 244 g/mol. The molecule has 92 valence electrons. The number of hydrogen-bond acceptors (Lipinski definition) is 4. The van der Waals surface area contributed by atoms with Crippen LogP contribution in [0.15, 0.2) is 42.6 Å². The number of carboxylic acid groups (broad SMARTS) is 1. The van der Waals surface area contributed by atoms with E-state index in [0.717, 1.165) is 5.56 Å². The van der Waals surface area contributed by atoms with Crippen LogP contribution in [-0.2, 0) is 6.54 Å². The highest BCUT2D eigenvalue weighted by Gasteiger charge is 2.06. The van der Waals surface area contributed by atoms with E-state index in [0.29, 0.717) is 18.2 Å². The largest absolute Gasteiger partial charge is 0.478 e. The Balaban J connectivity index is 2.21. The van der Waals surface area contributed by atoms with Crippen molar-refractivity contribution in [2.45, 2.75) is 6.54 Å². The van der Waals surface area contributed by atoms with E-state index in [1.54, 1.807) is 24.4 Å². The minimum atomic E-state index is -0.970. The first-order valence-corrected chi connectivity index (χ1v) is 5.36. The van der Waals surface area contributed by atoms with Gasteiger partial charge < -0.3 is 15.6 Å². The van der Waals surface area contributed by atoms with E-state index in [-0.39, 0.29) is 5.56 Å². The van der Waals surface area contributed by atoms with Crippen molar-refractivity contribution in [3.8, 4) is 11.6 Å². The van der Waals surface area contributed by atoms with E-state index in [1.165, 1.54) is 12.1 Å². The van der Waals surface area contributed by atoms with Gasteiger partial charge in [0.05, 0.1) is 5.56 Å². The van der Waals surface area contributed by atoms with Gasteiger partial charge in [-0.1, -0.05) is 6.07 Å². The molecule has 5 nitrogen and oxygen atoms in total. The molecule has 3 N–H and O–H groups in total. The standard InChI is InChI=1S/C13H12N2O3/c14-8-10-2-1-7-15-12(10)18-11-5-3-9(4-6-11)13(16)17/h1-7H,8,14H2,(H,16,17). The molecule has 0 unspecified atom stereocenters. The Kier molecular flexibility index (Phi) is 3.54. The fourth-order valence-electron chi connectivity index (χ4n) is 1.45. The number of ether oxygens (including phenoxy) is 1. The fourth-order valence-corrected chi connectivity index (χ4v) is 1.45. The van der Waals surface area contributed by atoms with Crippen LogP contribution in [0.4, 0.5) is 0 Å². The molecule has 2 rings (SSSR count). The summed E-state index contributed by atoms with van der Waals surface area (Å²) in [5.74, 6) is -0.0153.